The number of nitriles is 1. The van der Waals surface area contributed by atoms with Gasteiger partial charge in [0.15, 0.2) is 11.5 Å². The van der Waals surface area contributed by atoms with Crippen LogP contribution >= 0.6 is 0 Å². The molecular formula is C26H28BN5O5. The van der Waals surface area contributed by atoms with Crippen molar-refractivity contribution >= 4 is 24.4 Å². The number of fused-ring (bicyclic) bond motifs is 1. The Bertz CT molecular complexity index is 1480. The summed E-state index contributed by atoms with van der Waals surface area (Å²) < 4.78 is 0. The predicted octanol–water partition coefficient (Wildman–Crippen LogP) is 1.69. The van der Waals surface area contributed by atoms with Gasteiger partial charge in [0.25, 0.3) is 5.56 Å². The van der Waals surface area contributed by atoms with Gasteiger partial charge in [0.05, 0.1) is 22.6 Å². The summed E-state index contributed by atoms with van der Waals surface area (Å²) in [5.41, 5.74) is -2.29. The van der Waals surface area contributed by atoms with Crippen LogP contribution in [0.3, 0.4) is 0 Å². The van der Waals surface area contributed by atoms with Crippen LogP contribution in [0.2, 0.25) is 0 Å². The molecule has 4 rings (SSSR count). The van der Waals surface area contributed by atoms with E-state index in [2.05, 4.69) is 27.5 Å². The van der Waals surface area contributed by atoms with E-state index in [1.807, 2.05) is 17.0 Å². The molecule has 0 spiro atoms. The van der Waals surface area contributed by atoms with Crippen LogP contribution in [0.4, 0.5) is 5.69 Å². The highest BCUT2D eigenvalue weighted by Gasteiger charge is 2.46. The van der Waals surface area contributed by atoms with Gasteiger partial charge in [0.2, 0.25) is 5.75 Å². The molecule has 5 N–H and O–H groups in total. The number of aromatic hydroxyl groups is 3. The number of hydrogen-bond acceptors (Lipinski definition) is 9. The molecule has 1 saturated heterocycles. The lowest BCUT2D eigenvalue weighted by atomic mass is 9.60. The van der Waals surface area contributed by atoms with Gasteiger partial charge in [-0.25, -0.2) is 4.98 Å². The first-order chi connectivity index (χ1) is 17.3. The molecule has 1 aromatic heterocycles. The van der Waals surface area contributed by atoms with Crippen molar-refractivity contribution in [2.45, 2.75) is 31.7 Å². The van der Waals surface area contributed by atoms with Gasteiger partial charge in [0, 0.05) is 48.5 Å². The minimum Gasteiger partial charge on any atom is -0.504 e. The normalized spacial score (nSPS) is 15.9. The van der Waals surface area contributed by atoms with E-state index < -0.39 is 33.7 Å². The summed E-state index contributed by atoms with van der Waals surface area (Å²) in [6, 6.07) is 9.42. The van der Waals surface area contributed by atoms with Gasteiger partial charge in [-0.2, -0.15) is 5.26 Å². The summed E-state index contributed by atoms with van der Waals surface area (Å²) in [5.74, 6) is -2.18. The summed E-state index contributed by atoms with van der Waals surface area (Å²) >= 11 is 0. The van der Waals surface area contributed by atoms with Gasteiger partial charge in [-0.3, -0.25) is 4.79 Å². The van der Waals surface area contributed by atoms with E-state index in [1.54, 1.807) is 26.0 Å². The van der Waals surface area contributed by atoms with Crippen molar-refractivity contribution < 1.29 is 20.4 Å². The largest absolute Gasteiger partial charge is 0.504 e. The highest BCUT2D eigenvalue weighted by atomic mass is 16.3. The number of piperazine rings is 1. The predicted molar refractivity (Wildman–Crippen MR) is 140 cm³/mol. The van der Waals surface area contributed by atoms with Crippen molar-refractivity contribution in [1.82, 2.24) is 14.9 Å². The number of aryl methyl sites for hydroxylation is 1. The number of nitrogens with zero attached hydrogens (tertiary/aromatic N) is 4. The van der Waals surface area contributed by atoms with Crippen LogP contribution in [-0.4, -0.2) is 74.8 Å². The molecule has 1 aliphatic heterocycles. The van der Waals surface area contributed by atoms with Crippen molar-refractivity contribution in [3.63, 3.8) is 0 Å². The maximum atomic E-state index is 12.9. The number of rotatable bonds is 5. The van der Waals surface area contributed by atoms with E-state index in [0.717, 1.165) is 5.69 Å². The van der Waals surface area contributed by atoms with Gasteiger partial charge >= 0.3 is 0 Å². The highest BCUT2D eigenvalue weighted by molar-refractivity contribution is 6.17. The minimum atomic E-state index is -2.04. The molecule has 2 radical (unpaired) electrons. The number of phenols is 3. The number of hydrogen-bond donors (Lipinski definition) is 5. The Balaban J connectivity index is 1.61. The molecule has 0 saturated carbocycles. The van der Waals surface area contributed by atoms with Crippen molar-refractivity contribution in [3.8, 4) is 23.3 Å². The van der Waals surface area contributed by atoms with Crippen molar-refractivity contribution in [3.05, 3.63) is 63.8 Å². The highest BCUT2D eigenvalue weighted by Crippen LogP contribution is 2.43. The van der Waals surface area contributed by atoms with Crippen molar-refractivity contribution in [2.75, 3.05) is 31.1 Å². The number of phenolic OH excluding ortho intramolecular Hbond substituents is 3. The van der Waals surface area contributed by atoms with Crippen LogP contribution in [-0.2, 0) is 5.41 Å². The first-order valence-corrected chi connectivity index (χ1v) is 11.7. The van der Waals surface area contributed by atoms with E-state index in [0.29, 0.717) is 31.7 Å². The number of anilines is 1. The topological polar surface area (TPSA) is 157 Å². The molecule has 0 amide bonds. The zero-order valence-electron chi connectivity index (χ0n) is 20.9. The third kappa shape index (κ3) is 4.13. The number of nitrogens with one attached hydrogen (secondary N) is 1. The molecule has 11 heteroatoms. The van der Waals surface area contributed by atoms with Crippen LogP contribution in [0.25, 0.3) is 10.9 Å². The van der Waals surface area contributed by atoms with Crippen LogP contribution in [0.5, 0.6) is 17.2 Å². The van der Waals surface area contributed by atoms with Crippen molar-refractivity contribution in [2.24, 2.45) is 0 Å². The second kappa shape index (κ2) is 9.05. The van der Waals surface area contributed by atoms with Gasteiger partial charge < -0.3 is 35.2 Å². The molecule has 2 aromatic carbocycles. The lowest BCUT2D eigenvalue weighted by Crippen LogP contribution is -2.57. The summed E-state index contributed by atoms with van der Waals surface area (Å²) in [6.45, 7) is 11.0. The molecule has 1 fully saturated rings. The van der Waals surface area contributed by atoms with E-state index in [-0.39, 0.29) is 28.0 Å². The fourth-order valence-electron chi connectivity index (χ4n) is 4.54. The molecule has 1 atom stereocenters. The van der Waals surface area contributed by atoms with E-state index in [4.69, 9.17) is 13.1 Å². The molecule has 0 bridgehead atoms. The SMILES string of the molecule is [B]C(O)(C(=C)N1CCN(c2ccc(C#N)cc2)CC1)C(C)(C)c1nc2c(C)c(O)c(O)c(O)c2c(=O)[nH]1. The van der Waals surface area contributed by atoms with Crippen molar-refractivity contribution in [1.29, 1.82) is 5.26 Å². The average Bonchev–Trinajstić information content (AvgIpc) is 2.89. The number of benzene rings is 2. The maximum Gasteiger partial charge on any atom is 0.262 e. The summed E-state index contributed by atoms with van der Waals surface area (Å²) in [7, 11) is 6.46. The number of aromatic nitrogens is 2. The standard InChI is InChI=1S/C26H28BN5O5/c1-14-19-18(21(34)22(35)20(14)33)23(36)30-24(29-19)25(3,4)26(27,37)15(2)31-9-11-32(12-10-31)17-7-5-16(13-28)6-8-17/h5-8,33-35,37H,2,9-12H2,1,3-4H3,(H,29,30,36). The van der Waals surface area contributed by atoms with E-state index in [1.165, 1.54) is 6.92 Å². The molecule has 1 aliphatic rings. The Labute approximate surface area is 215 Å². The Morgan fingerprint density at radius 3 is 2.27 bits per heavy atom. The fourth-order valence-corrected chi connectivity index (χ4v) is 4.54. The Morgan fingerprint density at radius 1 is 1.11 bits per heavy atom. The molecule has 3 aromatic rings. The molecule has 0 aliphatic carbocycles. The summed E-state index contributed by atoms with van der Waals surface area (Å²) in [6.07, 6.45) is 0. The van der Waals surface area contributed by atoms with E-state index in [9.17, 15) is 25.2 Å². The first kappa shape index (κ1) is 25.9. The molecular weight excluding hydrogens is 473 g/mol. The lowest BCUT2D eigenvalue weighted by molar-refractivity contribution is 0.0537. The maximum absolute atomic E-state index is 12.9. The zero-order chi connectivity index (χ0) is 27.3. The Hall–Kier alpha value is -4.17. The smallest absolute Gasteiger partial charge is 0.262 e. The Morgan fingerprint density at radius 2 is 1.70 bits per heavy atom. The van der Waals surface area contributed by atoms with Gasteiger partial charge in [0.1, 0.15) is 19.1 Å². The lowest BCUT2D eigenvalue weighted by Gasteiger charge is -2.47. The second-order valence-corrected chi connectivity index (χ2v) is 9.78. The van der Waals surface area contributed by atoms with Crippen LogP contribution in [0, 0.1) is 18.3 Å². The summed E-state index contributed by atoms with van der Waals surface area (Å²) in [5, 5.41) is 50.5. The average molecular weight is 501 g/mol. The second-order valence-electron chi connectivity index (χ2n) is 9.78. The van der Waals surface area contributed by atoms with Crippen LogP contribution in [0.1, 0.15) is 30.8 Å². The molecule has 37 heavy (non-hydrogen) atoms. The van der Waals surface area contributed by atoms with Gasteiger partial charge in [-0.15, -0.1) is 0 Å². The third-order valence-electron chi connectivity index (χ3n) is 7.32. The van der Waals surface area contributed by atoms with E-state index >= 15 is 0 Å². The Kier molecular flexibility index (Phi) is 6.34. The fraction of sp³-hybridized carbons (Fsp3) is 0.346. The number of aliphatic hydroxyl groups is 1. The minimum absolute atomic E-state index is 0.0139. The number of aromatic amines is 1. The first-order valence-electron chi connectivity index (χ1n) is 11.7. The summed E-state index contributed by atoms with van der Waals surface area (Å²) in [4.78, 5) is 23.9. The third-order valence-corrected chi connectivity index (χ3v) is 7.32. The number of H-pyrrole nitrogens is 1. The molecule has 190 valence electrons. The van der Waals surface area contributed by atoms with Gasteiger partial charge in [-0.05, 0) is 31.2 Å². The zero-order valence-corrected chi connectivity index (χ0v) is 20.9. The quantitative estimate of drug-likeness (QED) is 0.259. The monoisotopic (exact) mass is 501 g/mol. The van der Waals surface area contributed by atoms with Crippen LogP contribution in [0.15, 0.2) is 41.3 Å². The molecule has 1 unspecified atom stereocenters. The van der Waals surface area contributed by atoms with Crippen LogP contribution < -0.4 is 10.5 Å². The molecule has 2 heterocycles. The van der Waals surface area contributed by atoms with Gasteiger partial charge in [-0.1, -0.05) is 20.4 Å². The molecule has 10 nitrogen and oxygen atoms in total.